The molecule has 0 aromatic rings. The fourth-order valence-electron chi connectivity index (χ4n) is 1.60. The first-order valence-corrected chi connectivity index (χ1v) is 5.55. The van der Waals surface area contributed by atoms with Gasteiger partial charge < -0.3 is 20.1 Å². The SMILES string of the molecule is COCC1=CCN(C(=O)NCCC(=O)O)CC1. The molecule has 96 valence electrons. The minimum atomic E-state index is -0.911. The van der Waals surface area contributed by atoms with Gasteiger partial charge in [-0.3, -0.25) is 4.79 Å². The number of hydrogen-bond donors (Lipinski definition) is 2. The Morgan fingerprint density at radius 1 is 1.59 bits per heavy atom. The number of rotatable bonds is 5. The molecule has 0 aromatic heterocycles. The number of carbonyl (C=O) groups excluding carboxylic acids is 1. The molecular weight excluding hydrogens is 224 g/mol. The van der Waals surface area contributed by atoms with Crippen molar-refractivity contribution in [2.75, 3.05) is 33.4 Å². The number of hydrogen-bond acceptors (Lipinski definition) is 3. The molecule has 0 bridgehead atoms. The molecule has 1 aliphatic heterocycles. The molecular formula is C11H18N2O4. The number of urea groups is 1. The highest BCUT2D eigenvalue weighted by atomic mass is 16.5. The molecule has 0 saturated carbocycles. The average Bonchev–Trinajstić information content (AvgIpc) is 2.30. The quantitative estimate of drug-likeness (QED) is 0.686. The van der Waals surface area contributed by atoms with E-state index < -0.39 is 5.97 Å². The summed E-state index contributed by atoms with van der Waals surface area (Å²) in [5.74, 6) is -0.911. The lowest BCUT2D eigenvalue weighted by Gasteiger charge is -2.26. The number of nitrogens with zero attached hydrogens (tertiary/aromatic N) is 1. The maximum absolute atomic E-state index is 11.6. The average molecular weight is 242 g/mol. The van der Waals surface area contributed by atoms with Crippen molar-refractivity contribution in [2.45, 2.75) is 12.8 Å². The predicted molar refractivity (Wildman–Crippen MR) is 61.8 cm³/mol. The molecule has 0 fully saturated rings. The maximum Gasteiger partial charge on any atom is 0.317 e. The first-order chi connectivity index (χ1) is 8.13. The van der Waals surface area contributed by atoms with Crippen LogP contribution in [0.1, 0.15) is 12.8 Å². The number of carbonyl (C=O) groups is 2. The summed E-state index contributed by atoms with van der Waals surface area (Å²) in [5.41, 5.74) is 1.20. The molecule has 1 rings (SSSR count). The van der Waals surface area contributed by atoms with Crippen molar-refractivity contribution < 1.29 is 19.4 Å². The molecule has 1 heterocycles. The maximum atomic E-state index is 11.6. The van der Waals surface area contributed by atoms with E-state index in [0.717, 1.165) is 6.42 Å². The summed E-state index contributed by atoms with van der Waals surface area (Å²) in [5, 5.41) is 11.0. The molecule has 0 aromatic carbocycles. The number of aliphatic carboxylic acids is 1. The van der Waals surface area contributed by atoms with Gasteiger partial charge >= 0.3 is 12.0 Å². The number of nitrogens with one attached hydrogen (secondary N) is 1. The molecule has 0 radical (unpaired) electrons. The van der Waals surface area contributed by atoms with E-state index in [9.17, 15) is 9.59 Å². The van der Waals surface area contributed by atoms with Crippen LogP contribution in [0.15, 0.2) is 11.6 Å². The van der Waals surface area contributed by atoms with E-state index in [-0.39, 0.29) is 19.0 Å². The van der Waals surface area contributed by atoms with Crippen LogP contribution >= 0.6 is 0 Å². The van der Waals surface area contributed by atoms with Gasteiger partial charge in [-0.1, -0.05) is 6.08 Å². The third-order valence-corrected chi connectivity index (χ3v) is 2.54. The summed E-state index contributed by atoms with van der Waals surface area (Å²) >= 11 is 0. The number of carboxylic acid groups (broad SMARTS) is 1. The fraction of sp³-hybridized carbons (Fsp3) is 0.636. The Labute approximate surface area is 100 Å². The smallest absolute Gasteiger partial charge is 0.317 e. The van der Waals surface area contributed by atoms with Crippen LogP contribution in [-0.4, -0.2) is 55.4 Å². The fourth-order valence-corrected chi connectivity index (χ4v) is 1.60. The van der Waals surface area contributed by atoms with Gasteiger partial charge in [-0.15, -0.1) is 0 Å². The van der Waals surface area contributed by atoms with E-state index in [1.807, 2.05) is 6.08 Å². The van der Waals surface area contributed by atoms with Crippen LogP contribution < -0.4 is 5.32 Å². The Bertz CT molecular complexity index is 315. The van der Waals surface area contributed by atoms with Crippen molar-refractivity contribution in [3.63, 3.8) is 0 Å². The van der Waals surface area contributed by atoms with E-state index in [0.29, 0.717) is 19.7 Å². The lowest BCUT2D eigenvalue weighted by atomic mass is 10.1. The number of methoxy groups -OCH3 is 1. The van der Waals surface area contributed by atoms with Crippen LogP contribution in [0.4, 0.5) is 4.79 Å². The normalized spacial score (nSPS) is 15.4. The van der Waals surface area contributed by atoms with Crippen molar-refractivity contribution in [2.24, 2.45) is 0 Å². The highest BCUT2D eigenvalue weighted by Crippen LogP contribution is 2.10. The predicted octanol–water partition coefficient (Wildman–Crippen LogP) is 0.449. The Morgan fingerprint density at radius 2 is 2.35 bits per heavy atom. The highest BCUT2D eigenvalue weighted by Gasteiger charge is 2.16. The van der Waals surface area contributed by atoms with Crippen molar-refractivity contribution in [3.05, 3.63) is 11.6 Å². The van der Waals surface area contributed by atoms with Gasteiger partial charge in [0.1, 0.15) is 0 Å². The largest absolute Gasteiger partial charge is 0.481 e. The first-order valence-electron chi connectivity index (χ1n) is 5.55. The molecule has 0 unspecified atom stereocenters. The van der Waals surface area contributed by atoms with Crippen molar-refractivity contribution in [3.8, 4) is 0 Å². The Hall–Kier alpha value is -1.56. The molecule has 0 saturated heterocycles. The second-order valence-electron chi connectivity index (χ2n) is 3.87. The summed E-state index contributed by atoms with van der Waals surface area (Å²) in [7, 11) is 1.64. The van der Waals surface area contributed by atoms with Crippen LogP contribution in [0.3, 0.4) is 0 Å². The monoisotopic (exact) mass is 242 g/mol. The summed E-state index contributed by atoms with van der Waals surface area (Å²) in [6, 6.07) is -0.209. The van der Waals surface area contributed by atoms with Gasteiger partial charge in [0.2, 0.25) is 0 Å². The lowest BCUT2D eigenvalue weighted by molar-refractivity contribution is -0.136. The van der Waals surface area contributed by atoms with Crippen LogP contribution in [-0.2, 0) is 9.53 Å². The second-order valence-corrected chi connectivity index (χ2v) is 3.87. The molecule has 2 N–H and O–H groups in total. The highest BCUT2D eigenvalue weighted by molar-refractivity contribution is 5.75. The molecule has 17 heavy (non-hydrogen) atoms. The van der Waals surface area contributed by atoms with Crippen LogP contribution in [0.25, 0.3) is 0 Å². The van der Waals surface area contributed by atoms with E-state index in [4.69, 9.17) is 9.84 Å². The summed E-state index contributed by atoms with van der Waals surface area (Å²) in [6.07, 6.45) is 2.73. The van der Waals surface area contributed by atoms with Gasteiger partial charge in [0.25, 0.3) is 0 Å². The van der Waals surface area contributed by atoms with Gasteiger partial charge in [0.05, 0.1) is 13.0 Å². The molecule has 1 aliphatic rings. The third-order valence-electron chi connectivity index (χ3n) is 2.54. The molecule has 2 amide bonds. The zero-order chi connectivity index (χ0) is 12.7. The minimum absolute atomic E-state index is 0.0512. The molecule has 0 aliphatic carbocycles. The zero-order valence-corrected chi connectivity index (χ0v) is 9.94. The molecule has 0 atom stereocenters. The number of ether oxygens (including phenoxy) is 1. The Kier molecular flexibility index (Phi) is 5.48. The third kappa shape index (κ3) is 4.86. The molecule has 0 spiro atoms. The van der Waals surface area contributed by atoms with E-state index in [2.05, 4.69) is 5.32 Å². The van der Waals surface area contributed by atoms with Crippen LogP contribution in [0.2, 0.25) is 0 Å². The van der Waals surface area contributed by atoms with Crippen LogP contribution in [0, 0.1) is 0 Å². The van der Waals surface area contributed by atoms with Crippen molar-refractivity contribution in [1.82, 2.24) is 10.2 Å². The van der Waals surface area contributed by atoms with E-state index in [1.54, 1.807) is 12.0 Å². The number of amides is 2. The number of carboxylic acids is 1. The van der Waals surface area contributed by atoms with Gasteiger partial charge in [0, 0.05) is 26.7 Å². The lowest BCUT2D eigenvalue weighted by Crippen LogP contribution is -2.43. The standard InChI is InChI=1S/C11H18N2O4/c1-17-8-9-3-6-13(7-4-9)11(16)12-5-2-10(14)15/h3H,2,4-8H2,1H3,(H,12,16)(H,14,15). The van der Waals surface area contributed by atoms with Gasteiger partial charge in [-0.25, -0.2) is 4.79 Å². The Balaban J connectivity index is 2.28. The first kappa shape index (κ1) is 13.5. The summed E-state index contributed by atoms with van der Waals surface area (Å²) < 4.78 is 5.02. The van der Waals surface area contributed by atoms with Crippen LogP contribution in [0.5, 0.6) is 0 Å². The van der Waals surface area contributed by atoms with Crippen molar-refractivity contribution >= 4 is 12.0 Å². The molecule has 6 nitrogen and oxygen atoms in total. The molecule has 6 heteroatoms. The van der Waals surface area contributed by atoms with E-state index in [1.165, 1.54) is 5.57 Å². The topological polar surface area (TPSA) is 78.9 Å². The van der Waals surface area contributed by atoms with Gasteiger partial charge in [0.15, 0.2) is 0 Å². The summed E-state index contributed by atoms with van der Waals surface area (Å²) in [4.78, 5) is 23.5. The van der Waals surface area contributed by atoms with Gasteiger partial charge in [-0.05, 0) is 12.0 Å². The minimum Gasteiger partial charge on any atom is -0.481 e. The van der Waals surface area contributed by atoms with E-state index >= 15 is 0 Å². The van der Waals surface area contributed by atoms with Crippen molar-refractivity contribution in [1.29, 1.82) is 0 Å². The Morgan fingerprint density at radius 3 is 2.88 bits per heavy atom. The second kappa shape index (κ2) is 6.90. The summed E-state index contributed by atoms with van der Waals surface area (Å²) in [6.45, 7) is 1.97. The van der Waals surface area contributed by atoms with Gasteiger partial charge in [-0.2, -0.15) is 0 Å². The zero-order valence-electron chi connectivity index (χ0n) is 9.94.